The molecule has 5 nitrogen and oxygen atoms in total. The smallest absolute Gasteiger partial charge is 0.119 e. The predicted octanol–water partition coefficient (Wildman–Crippen LogP) is 0.777. The zero-order chi connectivity index (χ0) is 14.5. The van der Waals surface area contributed by atoms with Gasteiger partial charge in [0.05, 0.1) is 26.4 Å². The van der Waals surface area contributed by atoms with Crippen molar-refractivity contribution in [3.8, 4) is 5.75 Å². The van der Waals surface area contributed by atoms with Crippen LogP contribution in [-0.4, -0.2) is 55.6 Å². The molecule has 5 heteroatoms. The van der Waals surface area contributed by atoms with Crippen LogP contribution < -0.4 is 10.5 Å². The first-order chi connectivity index (χ1) is 9.65. The van der Waals surface area contributed by atoms with Gasteiger partial charge in [-0.3, -0.25) is 4.90 Å². The fraction of sp³-hybridized carbons (Fsp3) is 0.600. The Kier molecular flexibility index (Phi) is 5.37. The molecular weight excluding hydrogens is 256 g/mol. The van der Waals surface area contributed by atoms with Crippen LogP contribution in [0, 0.1) is 0 Å². The monoisotopic (exact) mass is 280 g/mol. The Hall–Kier alpha value is -1.14. The standard InChI is InChI=1S/C15H24N2O3/c1-11(16)15(12-4-3-5-13(8-12)19-2)17-6-7-20-14(9-17)10-18/h3-5,8,11,14-15,18H,6-7,9-10,16H2,1-2H3. The van der Waals surface area contributed by atoms with Crippen molar-refractivity contribution >= 4 is 0 Å². The molecule has 0 aromatic heterocycles. The second-order valence-electron chi connectivity index (χ2n) is 5.25. The summed E-state index contributed by atoms with van der Waals surface area (Å²) in [5.74, 6) is 0.833. The summed E-state index contributed by atoms with van der Waals surface area (Å²) in [6.07, 6.45) is -0.129. The first-order valence-corrected chi connectivity index (χ1v) is 7.01. The number of morpholine rings is 1. The summed E-state index contributed by atoms with van der Waals surface area (Å²) >= 11 is 0. The summed E-state index contributed by atoms with van der Waals surface area (Å²) in [7, 11) is 1.66. The lowest BCUT2D eigenvalue weighted by atomic mass is 9.98. The highest BCUT2D eigenvalue weighted by Gasteiger charge is 2.29. The lowest BCUT2D eigenvalue weighted by Gasteiger charge is -2.39. The number of hydrogen-bond donors (Lipinski definition) is 2. The van der Waals surface area contributed by atoms with Gasteiger partial charge in [-0.2, -0.15) is 0 Å². The van der Waals surface area contributed by atoms with E-state index >= 15 is 0 Å². The van der Waals surface area contributed by atoms with E-state index in [2.05, 4.69) is 11.0 Å². The third-order valence-corrected chi connectivity index (χ3v) is 3.70. The molecular formula is C15H24N2O3. The molecule has 1 heterocycles. The highest BCUT2D eigenvalue weighted by molar-refractivity contribution is 5.31. The summed E-state index contributed by atoms with van der Waals surface area (Å²) in [6.45, 7) is 4.19. The molecule has 0 radical (unpaired) electrons. The van der Waals surface area contributed by atoms with Crippen LogP contribution in [0.25, 0.3) is 0 Å². The van der Waals surface area contributed by atoms with Crippen LogP contribution in [0.3, 0.4) is 0 Å². The van der Waals surface area contributed by atoms with Crippen molar-refractivity contribution < 1.29 is 14.6 Å². The Morgan fingerprint density at radius 2 is 2.35 bits per heavy atom. The molecule has 112 valence electrons. The van der Waals surface area contributed by atoms with E-state index in [9.17, 15) is 5.11 Å². The molecule has 1 aliphatic rings. The van der Waals surface area contributed by atoms with Gasteiger partial charge in [0.15, 0.2) is 0 Å². The fourth-order valence-electron chi connectivity index (χ4n) is 2.78. The Labute approximate surface area is 120 Å². The van der Waals surface area contributed by atoms with Crippen molar-refractivity contribution in [2.24, 2.45) is 5.73 Å². The summed E-state index contributed by atoms with van der Waals surface area (Å²) in [5, 5.41) is 9.28. The maximum Gasteiger partial charge on any atom is 0.119 e. The first-order valence-electron chi connectivity index (χ1n) is 7.01. The number of rotatable bonds is 5. The topological polar surface area (TPSA) is 68.0 Å². The number of hydrogen-bond acceptors (Lipinski definition) is 5. The van der Waals surface area contributed by atoms with Crippen LogP contribution in [0.2, 0.25) is 0 Å². The molecule has 1 aromatic rings. The number of benzene rings is 1. The van der Waals surface area contributed by atoms with E-state index in [1.54, 1.807) is 7.11 Å². The minimum absolute atomic E-state index is 0.0143. The minimum atomic E-state index is -0.129. The Morgan fingerprint density at radius 3 is 3.00 bits per heavy atom. The van der Waals surface area contributed by atoms with Gasteiger partial charge in [-0.15, -0.1) is 0 Å². The lowest BCUT2D eigenvalue weighted by molar-refractivity contribution is -0.0675. The SMILES string of the molecule is COc1cccc(C(C(C)N)N2CCOC(CO)C2)c1. The zero-order valence-electron chi connectivity index (χ0n) is 12.2. The Balaban J connectivity index is 2.21. The number of aliphatic hydroxyl groups excluding tert-OH is 1. The van der Waals surface area contributed by atoms with Crippen molar-refractivity contribution in [1.29, 1.82) is 0 Å². The van der Waals surface area contributed by atoms with E-state index < -0.39 is 0 Å². The Morgan fingerprint density at radius 1 is 1.55 bits per heavy atom. The maximum absolute atomic E-state index is 9.28. The molecule has 0 amide bonds. The zero-order valence-corrected chi connectivity index (χ0v) is 12.2. The minimum Gasteiger partial charge on any atom is -0.497 e. The molecule has 20 heavy (non-hydrogen) atoms. The second-order valence-corrected chi connectivity index (χ2v) is 5.25. The van der Waals surface area contributed by atoms with E-state index in [1.807, 2.05) is 25.1 Å². The largest absolute Gasteiger partial charge is 0.497 e. The quantitative estimate of drug-likeness (QED) is 0.834. The van der Waals surface area contributed by atoms with Crippen LogP contribution >= 0.6 is 0 Å². The molecule has 0 bridgehead atoms. The van der Waals surface area contributed by atoms with Gasteiger partial charge in [0.2, 0.25) is 0 Å². The van der Waals surface area contributed by atoms with E-state index in [0.29, 0.717) is 13.2 Å². The first kappa shape index (κ1) is 15.3. The van der Waals surface area contributed by atoms with Gasteiger partial charge in [-0.1, -0.05) is 12.1 Å². The average molecular weight is 280 g/mol. The van der Waals surface area contributed by atoms with Gasteiger partial charge in [0.25, 0.3) is 0 Å². The van der Waals surface area contributed by atoms with E-state index in [1.165, 1.54) is 0 Å². The van der Waals surface area contributed by atoms with Crippen LogP contribution in [-0.2, 0) is 4.74 Å². The van der Waals surface area contributed by atoms with Gasteiger partial charge < -0.3 is 20.3 Å². The van der Waals surface area contributed by atoms with Crippen LogP contribution in [0.4, 0.5) is 0 Å². The van der Waals surface area contributed by atoms with Gasteiger partial charge in [0.1, 0.15) is 5.75 Å². The molecule has 0 saturated carbocycles. The van der Waals surface area contributed by atoms with Crippen LogP contribution in [0.5, 0.6) is 5.75 Å². The number of methoxy groups -OCH3 is 1. The number of nitrogens with zero attached hydrogens (tertiary/aromatic N) is 1. The van der Waals surface area contributed by atoms with Crippen molar-refractivity contribution in [1.82, 2.24) is 4.90 Å². The van der Waals surface area contributed by atoms with Crippen molar-refractivity contribution in [3.05, 3.63) is 29.8 Å². The molecule has 0 aliphatic carbocycles. The number of aliphatic hydroxyl groups is 1. The summed E-state index contributed by atoms with van der Waals surface area (Å²) in [6, 6.07) is 8.09. The highest BCUT2D eigenvalue weighted by atomic mass is 16.5. The molecule has 1 aliphatic heterocycles. The Bertz CT molecular complexity index is 425. The summed E-state index contributed by atoms with van der Waals surface area (Å²) < 4.78 is 10.8. The van der Waals surface area contributed by atoms with Gasteiger partial charge >= 0.3 is 0 Å². The molecule has 3 unspecified atom stereocenters. The van der Waals surface area contributed by atoms with Crippen molar-refractivity contribution in [3.63, 3.8) is 0 Å². The maximum atomic E-state index is 9.28. The highest BCUT2D eigenvalue weighted by Crippen LogP contribution is 2.28. The summed E-state index contributed by atoms with van der Waals surface area (Å²) in [5.41, 5.74) is 7.33. The molecule has 1 saturated heterocycles. The van der Waals surface area contributed by atoms with Crippen molar-refractivity contribution in [2.75, 3.05) is 33.4 Å². The molecule has 1 aromatic carbocycles. The predicted molar refractivity (Wildman–Crippen MR) is 77.8 cm³/mol. The molecule has 2 rings (SSSR count). The number of ether oxygens (including phenoxy) is 2. The molecule has 3 N–H and O–H groups in total. The third kappa shape index (κ3) is 3.49. The van der Waals surface area contributed by atoms with E-state index in [4.69, 9.17) is 15.2 Å². The lowest BCUT2D eigenvalue weighted by Crippen LogP contribution is -2.49. The fourth-order valence-corrected chi connectivity index (χ4v) is 2.78. The van der Waals surface area contributed by atoms with Crippen LogP contribution in [0.1, 0.15) is 18.5 Å². The van der Waals surface area contributed by atoms with Gasteiger partial charge in [0, 0.05) is 25.2 Å². The van der Waals surface area contributed by atoms with Gasteiger partial charge in [-0.25, -0.2) is 0 Å². The van der Waals surface area contributed by atoms with Crippen molar-refractivity contribution in [2.45, 2.75) is 25.1 Å². The normalized spacial score (nSPS) is 23.3. The van der Waals surface area contributed by atoms with E-state index in [-0.39, 0.29) is 24.8 Å². The summed E-state index contributed by atoms with van der Waals surface area (Å²) in [4.78, 5) is 2.28. The second kappa shape index (κ2) is 7.04. The molecule has 1 fully saturated rings. The van der Waals surface area contributed by atoms with Crippen LogP contribution in [0.15, 0.2) is 24.3 Å². The van der Waals surface area contributed by atoms with E-state index in [0.717, 1.165) is 17.9 Å². The third-order valence-electron chi connectivity index (χ3n) is 3.70. The number of nitrogens with two attached hydrogens (primary N) is 1. The van der Waals surface area contributed by atoms with Gasteiger partial charge in [-0.05, 0) is 24.6 Å². The molecule has 0 spiro atoms. The average Bonchev–Trinajstić information content (AvgIpc) is 2.47. The molecule has 3 atom stereocenters.